The summed E-state index contributed by atoms with van der Waals surface area (Å²) in [6.07, 6.45) is 2.14. The number of esters is 2. The van der Waals surface area contributed by atoms with E-state index in [9.17, 15) is 9.59 Å². The number of benzene rings is 1. The van der Waals surface area contributed by atoms with Crippen LogP contribution < -0.4 is 0 Å². The molecule has 7 nitrogen and oxygen atoms in total. The Morgan fingerprint density at radius 1 is 1.16 bits per heavy atom. The van der Waals surface area contributed by atoms with Gasteiger partial charge in [0.15, 0.2) is 5.79 Å². The second-order valence-electron chi connectivity index (χ2n) is 9.45. The third kappa shape index (κ3) is 6.11. The molecule has 0 amide bonds. The molecule has 0 unspecified atom stereocenters. The predicted octanol–water partition coefficient (Wildman–Crippen LogP) is 3.96. The Hall–Kier alpha value is -2.38. The number of hydrogen-bond acceptors (Lipinski definition) is 7. The molecular formula is C25H35NO6. The molecule has 2 aliphatic rings. The first-order valence-corrected chi connectivity index (χ1v) is 11.2. The summed E-state index contributed by atoms with van der Waals surface area (Å²) >= 11 is 0. The number of carbonyl (C=O) groups is 2. The highest BCUT2D eigenvalue weighted by Gasteiger charge is 2.40. The van der Waals surface area contributed by atoms with Crippen LogP contribution in [0.5, 0.6) is 0 Å². The fourth-order valence-corrected chi connectivity index (χ4v) is 4.23. The Morgan fingerprint density at radius 3 is 2.41 bits per heavy atom. The smallest absolute Gasteiger partial charge is 0.335 e. The second kappa shape index (κ2) is 10.0. The van der Waals surface area contributed by atoms with Crippen LogP contribution in [0.2, 0.25) is 0 Å². The third-order valence-corrected chi connectivity index (χ3v) is 5.76. The van der Waals surface area contributed by atoms with Crippen molar-refractivity contribution in [1.29, 1.82) is 0 Å². The van der Waals surface area contributed by atoms with Gasteiger partial charge in [0.1, 0.15) is 11.6 Å². The van der Waals surface area contributed by atoms with Crippen LogP contribution in [0.4, 0.5) is 0 Å². The van der Waals surface area contributed by atoms with Gasteiger partial charge >= 0.3 is 11.9 Å². The van der Waals surface area contributed by atoms with Crippen molar-refractivity contribution in [2.45, 2.75) is 77.4 Å². The van der Waals surface area contributed by atoms with E-state index >= 15 is 0 Å². The zero-order chi connectivity index (χ0) is 23.4. The van der Waals surface area contributed by atoms with E-state index in [0.29, 0.717) is 51.0 Å². The summed E-state index contributed by atoms with van der Waals surface area (Å²) in [5.74, 6) is -1.38. The fraction of sp³-hybridized carbons (Fsp3) is 0.600. The Labute approximate surface area is 190 Å². The molecule has 0 bridgehead atoms. The molecule has 2 saturated heterocycles. The van der Waals surface area contributed by atoms with E-state index in [2.05, 4.69) is 0 Å². The van der Waals surface area contributed by atoms with Crippen LogP contribution in [0.1, 0.15) is 58.9 Å². The van der Waals surface area contributed by atoms with E-state index in [1.54, 1.807) is 0 Å². The summed E-state index contributed by atoms with van der Waals surface area (Å²) in [6, 6.07) is 9.46. The van der Waals surface area contributed by atoms with Crippen LogP contribution >= 0.6 is 0 Å². The van der Waals surface area contributed by atoms with Crippen molar-refractivity contribution in [3.8, 4) is 0 Å². The van der Waals surface area contributed by atoms with Crippen LogP contribution in [-0.4, -0.2) is 54.6 Å². The molecule has 32 heavy (non-hydrogen) atoms. The first kappa shape index (κ1) is 24.3. The first-order chi connectivity index (χ1) is 15.1. The molecular weight excluding hydrogens is 410 g/mol. The lowest BCUT2D eigenvalue weighted by atomic mass is 10.0. The lowest BCUT2D eigenvalue weighted by Gasteiger charge is -2.31. The van der Waals surface area contributed by atoms with Gasteiger partial charge in [-0.15, -0.1) is 0 Å². The average Bonchev–Trinajstić information content (AvgIpc) is 3.35. The standard InChI is InChI=1S/C25H35NO6/c1-24(2,3)32-23(28)21-12-11-20(26(21)17-18-9-7-6-8-10-18)19(22(27)29-5)13-14-25(4)30-15-16-31-25/h6-10,21H,11-17H2,1-5H3/b20-19-/t21-/m0/s1. The van der Waals surface area contributed by atoms with E-state index in [1.807, 2.05) is 62.9 Å². The Bertz CT molecular complexity index is 836. The molecule has 0 aliphatic carbocycles. The maximum atomic E-state index is 13.0. The number of ether oxygens (including phenoxy) is 4. The third-order valence-electron chi connectivity index (χ3n) is 5.76. The van der Waals surface area contributed by atoms with Gasteiger partial charge in [-0.3, -0.25) is 0 Å². The Balaban J connectivity index is 1.93. The molecule has 2 aliphatic heterocycles. The second-order valence-corrected chi connectivity index (χ2v) is 9.45. The molecule has 0 N–H and O–H groups in total. The quantitative estimate of drug-likeness (QED) is 0.464. The topological polar surface area (TPSA) is 74.3 Å². The summed E-state index contributed by atoms with van der Waals surface area (Å²) in [4.78, 5) is 27.9. The van der Waals surface area contributed by atoms with Crippen molar-refractivity contribution < 1.29 is 28.5 Å². The van der Waals surface area contributed by atoms with Gasteiger partial charge in [0.05, 0.1) is 25.9 Å². The van der Waals surface area contributed by atoms with Crippen LogP contribution in [0.3, 0.4) is 0 Å². The molecule has 2 fully saturated rings. The molecule has 1 atom stereocenters. The molecule has 176 valence electrons. The first-order valence-electron chi connectivity index (χ1n) is 11.2. The minimum absolute atomic E-state index is 0.276. The monoisotopic (exact) mass is 445 g/mol. The number of likely N-dealkylation sites (tertiary alicyclic amines) is 1. The zero-order valence-electron chi connectivity index (χ0n) is 19.8. The molecule has 1 aromatic carbocycles. The average molecular weight is 446 g/mol. The highest BCUT2D eigenvalue weighted by atomic mass is 16.7. The highest BCUT2D eigenvalue weighted by Crippen LogP contribution is 2.36. The van der Waals surface area contributed by atoms with Gasteiger partial charge in [-0.05, 0) is 52.5 Å². The number of allylic oxidation sites excluding steroid dienone is 1. The summed E-state index contributed by atoms with van der Waals surface area (Å²) < 4.78 is 22.3. The zero-order valence-corrected chi connectivity index (χ0v) is 19.8. The normalized spacial score (nSPS) is 22.0. The summed E-state index contributed by atoms with van der Waals surface area (Å²) in [5, 5.41) is 0. The van der Waals surface area contributed by atoms with E-state index in [-0.39, 0.29) is 11.9 Å². The number of hydrogen-bond donors (Lipinski definition) is 0. The maximum Gasteiger partial charge on any atom is 0.335 e. The minimum Gasteiger partial charge on any atom is -0.466 e. The summed E-state index contributed by atoms with van der Waals surface area (Å²) in [5.41, 5.74) is 1.87. The van der Waals surface area contributed by atoms with Crippen LogP contribution in [0.25, 0.3) is 0 Å². The lowest BCUT2D eigenvalue weighted by Crippen LogP contribution is -2.40. The molecule has 0 radical (unpaired) electrons. The van der Waals surface area contributed by atoms with Crippen LogP contribution in [-0.2, 0) is 35.1 Å². The SMILES string of the molecule is COC(=O)/C(CCC1(C)OCCO1)=C1/CC[C@@H](C(=O)OC(C)(C)C)N1Cc1ccccc1. The molecule has 0 saturated carbocycles. The van der Waals surface area contributed by atoms with Gasteiger partial charge < -0.3 is 23.8 Å². The van der Waals surface area contributed by atoms with E-state index < -0.39 is 17.4 Å². The van der Waals surface area contributed by atoms with Gasteiger partial charge in [0, 0.05) is 18.7 Å². The molecule has 2 heterocycles. The Kier molecular flexibility index (Phi) is 7.62. The van der Waals surface area contributed by atoms with Crippen molar-refractivity contribution in [3.05, 3.63) is 47.2 Å². The van der Waals surface area contributed by atoms with Gasteiger partial charge in [-0.1, -0.05) is 30.3 Å². The van der Waals surface area contributed by atoms with Crippen molar-refractivity contribution in [2.75, 3.05) is 20.3 Å². The van der Waals surface area contributed by atoms with Crippen LogP contribution in [0, 0.1) is 0 Å². The van der Waals surface area contributed by atoms with Gasteiger partial charge in [-0.2, -0.15) is 0 Å². The van der Waals surface area contributed by atoms with E-state index in [0.717, 1.165) is 11.3 Å². The lowest BCUT2D eigenvalue weighted by molar-refractivity contribution is -0.160. The molecule has 0 spiro atoms. The van der Waals surface area contributed by atoms with Gasteiger partial charge in [0.25, 0.3) is 0 Å². The fourth-order valence-electron chi connectivity index (χ4n) is 4.23. The van der Waals surface area contributed by atoms with Crippen molar-refractivity contribution in [3.63, 3.8) is 0 Å². The minimum atomic E-state index is -0.715. The van der Waals surface area contributed by atoms with Gasteiger partial charge in [-0.25, -0.2) is 9.59 Å². The largest absolute Gasteiger partial charge is 0.466 e. The molecule has 3 rings (SSSR count). The van der Waals surface area contributed by atoms with Gasteiger partial charge in [0.2, 0.25) is 0 Å². The number of nitrogens with zero attached hydrogens (tertiary/aromatic N) is 1. The predicted molar refractivity (Wildman–Crippen MR) is 119 cm³/mol. The number of rotatable bonds is 7. The van der Waals surface area contributed by atoms with Crippen LogP contribution in [0.15, 0.2) is 41.6 Å². The van der Waals surface area contributed by atoms with Crippen molar-refractivity contribution in [2.24, 2.45) is 0 Å². The molecule has 1 aromatic rings. The van der Waals surface area contributed by atoms with E-state index in [1.165, 1.54) is 7.11 Å². The molecule has 7 heteroatoms. The Morgan fingerprint density at radius 2 is 1.81 bits per heavy atom. The maximum absolute atomic E-state index is 13.0. The van der Waals surface area contributed by atoms with Crippen molar-refractivity contribution >= 4 is 11.9 Å². The summed E-state index contributed by atoms with van der Waals surface area (Å²) in [7, 11) is 1.38. The number of methoxy groups -OCH3 is 1. The number of carbonyl (C=O) groups excluding carboxylic acids is 2. The highest BCUT2D eigenvalue weighted by molar-refractivity contribution is 5.89. The molecule has 0 aromatic heterocycles. The summed E-state index contributed by atoms with van der Waals surface area (Å²) in [6.45, 7) is 9.06. The van der Waals surface area contributed by atoms with Crippen molar-refractivity contribution in [1.82, 2.24) is 4.90 Å². The van der Waals surface area contributed by atoms with E-state index in [4.69, 9.17) is 18.9 Å².